The third-order valence-electron chi connectivity index (χ3n) is 8.66. The number of nitrogens with zero attached hydrogens (tertiary/aromatic N) is 4. The molecule has 1 aliphatic heterocycles. The van der Waals surface area contributed by atoms with Crippen LogP contribution in [0.25, 0.3) is 10.9 Å². The van der Waals surface area contributed by atoms with E-state index < -0.39 is 5.82 Å². The average molecular weight is 480 g/mol. The van der Waals surface area contributed by atoms with Crippen LogP contribution in [0.1, 0.15) is 67.3 Å². The van der Waals surface area contributed by atoms with Crippen molar-refractivity contribution in [3.63, 3.8) is 0 Å². The summed E-state index contributed by atoms with van der Waals surface area (Å²) in [4.78, 5) is 15.6. The van der Waals surface area contributed by atoms with E-state index >= 15 is 0 Å². The van der Waals surface area contributed by atoms with E-state index in [0.717, 1.165) is 56.9 Å². The molecule has 3 aliphatic rings. The molecule has 2 aliphatic carbocycles. The van der Waals surface area contributed by atoms with E-state index in [9.17, 15) is 9.18 Å². The van der Waals surface area contributed by atoms with Gasteiger partial charge in [-0.05, 0) is 69.0 Å². The Morgan fingerprint density at radius 2 is 2.11 bits per heavy atom. The Morgan fingerprint density at radius 3 is 2.89 bits per heavy atom. The lowest BCUT2D eigenvalue weighted by Gasteiger charge is -2.30. The lowest BCUT2D eigenvalue weighted by molar-refractivity contribution is 0.0921. The lowest BCUT2D eigenvalue weighted by atomic mass is 9.84. The number of aromatic nitrogens is 3. The van der Waals surface area contributed by atoms with Gasteiger partial charge < -0.3 is 14.7 Å². The molecule has 0 spiro atoms. The smallest absolute Gasteiger partial charge is 0.252 e. The molecule has 7 nitrogen and oxygen atoms in total. The molecule has 8 heteroatoms. The van der Waals surface area contributed by atoms with Gasteiger partial charge in [-0.3, -0.25) is 9.48 Å². The number of piperidine rings is 1. The molecule has 1 unspecified atom stereocenters. The van der Waals surface area contributed by atoms with Gasteiger partial charge in [0.25, 0.3) is 5.91 Å². The topological polar surface area (TPSA) is 76.2 Å². The normalized spacial score (nSPS) is 28.4. The number of rotatable bonds is 7. The van der Waals surface area contributed by atoms with Crippen LogP contribution in [-0.2, 0) is 18.9 Å². The van der Waals surface area contributed by atoms with Crippen LogP contribution in [0.2, 0.25) is 0 Å². The third kappa shape index (κ3) is 4.15. The van der Waals surface area contributed by atoms with Gasteiger partial charge >= 0.3 is 0 Å². The molecule has 1 aromatic carbocycles. The Labute approximate surface area is 205 Å². The number of nitrogens with one attached hydrogen (secondary N) is 1. The fourth-order valence-electron chi connectivity index (χ4n) is 6.48. The molecule has 2 saturated carbocycles. The highest BCUT2D eigenvalue weighted by Gasteiger charge is 2.62. The first-order valence-electron chi connectivity index (χ1n) is 13.1. The molecular weight excluding hydrogens is 445 g/mol. The molecule has 2 atom stereocenters. The van der Waals surface area contributed by atoms with E-state index in [1.807, 2.05) is 0 Å². The number of amides is 1. The molecule has 3 fully saturated rings. The summed E-state index contributed by atoms with van der Waals surface area (Å²) in [5, 5.41) is 12.3. The Morgan fingerprint density at radius 1 is 1.29 bits per heavy atom. The molecular formula is C27H34FN5O2. The SMILES string of the molecule is CCc1cc([C@]23CC2CN(CCC2CCC(NC(=O)c4ccc(F)c5nn(C)cc45)CC2)C3)no1. The van der Waals surface area contributed by atoms with Gasteiger partial charge in [0, 0.05) is 55.7 Å². The van der Waals surface area contributed by atoms with Crippen molar-refractivity contribution in [2.24, 2.45) is 18.9 Å². The Bertz CT molecular complexity index is 1240. The zero-order chi connectivity index (χ0) is 24.2. The zero-order valence-electron chi connectivity index (χ0n) is 20.6. The fraction of sp³-hybridized carbons (Fsp3) is 0.593. The van der Waals surface area contributed by atoms with Crippen molar-refractivity contribution in [1.82, 2.24) is 25.2 Å². The second-order valence-corrected chi connectivity index (χ2v) is 11.0. The van der Waals surface area contributed by atoms with E-state index in [-0.39, 0.29) is 22.9 Å². The maximum absolute atomic E-state index is 14.1. The number of likely N-dealkylation sites (tertiary alicyclic amines) is 1. The van der Waals surface area contributed by atoms with Crippen LogP contribution in [-0.4, -0.2) is 51.4 Å². The number of carbonyl (C=O) groups excluding carboxylic acids is 1. The van der Waals surface area contributed by atoms with Gasteiger partial charge in [-0.1, -0.05) is 12.1 Å². The molecule has 0 radical (unpaired) electrons. The summed E-state index contributed by atoms with van der Waals surface area (Å²) in [6, 6.07) is 5.25. The van der Waals surface area contributed by atoms with Gasteiger partial charge in [0.15, 0.2) is 5.82 Å². The molecule has 1 N–H and O–H groups in total. The summed E-state index contributed by atoms with van der Waals surface area (Å²) in [5.41, 5.74) is 2.16. The number of aryl methyl sites for hydroxylation is 2. The van der Waals surface area contributed by atoms with E-state index in [4.69, 9.17) is 4.52 Å². The van der Waals surface area contributed by atoms with Crippen molar-refractivity contribution in [3.8, 4) is 0 Å². The zero-order valence-corrected chi connectivity index (χ0v) is 20.6. The second-order valence-electron chi connectivity index (χ2n) is 11.0. The molecule has 3 heterocycles. The van der Waals surface area contributed by atoms with E-state index in [2.05, 4.69) is 33.5 Å². The first-order valence-corrected chi connectivity index (χ1v) is 13.1. The van der Waals surface area contributed by atoms with Crippen LogP contribution in [0.5, 0.6) is 0 Å². The summed E-state index contributed by atoms with van der Waals surface area (Å²) in [7, 11) is 1.74. The van der Waals surface area contributed by atoms with Crippen molar-refractivity contribution in [3.05, 3.63) is 47.2 Å². The number of benzene rings is 1. The van der Waals surface area contributed by atoms with Crippen LogP contribution in [0.4, 0.5) is 4.39 Å². The largest absolute Gasteiger partial charge is 0.361 e. The van der Waals surface area contributed by atoms with Gasteiger partial charge in [-0.2, -0.15) is 5.10 Å². The van der Waals surface area contributed by atoms with Gasteiger partial charge in [0.1, 0.15) is 11.3 Å². The minimum Gasteiger partial charge on any atom is -0.361 e. The van der Waals surface area contributed by atoms with Crippen molar-refractivity contribution in [1.29, 1.82) is 0 Å². The molecule has 2 aromatic heterocycles. The average Bonchev–Trinajstić information content (AvgIpc) is 3.24. The Balaban J connectivity index is 0.979. The van der Waals surface area contributed by atoms with Gasteiger partial charge in [-0.15, -0.1) is 0 Å². The van der Waals surface area contributed by atoms with Crippen LogP contribution < -0.4 is 5.32 Å². The first-order chi connectivity index (χ1) is 16.9. The van der Waals surface area contributed by atoms with E-state index in [1.54, 1.807) is 24.0 Å². The fourth-order valence-corrected chi connectivity index (χ4v) is 6.48. The molecule has 6 rings (SSSR count). The summed E-state index contributed by atoms with van der Waals surface area (Å²) < 4.78 is 21.1. The predicted octanol–water partition coefficient (Wildman–Crippen LogP) is 4.22. The third-order valence-corrected chi connectivity index (χ3v) is 8.66. The van der Waals surface area contributed by atoms with Crippen molar-refractivity contribution in [2.45, 2.75) is 63.3 Å². The van der Waals surface area contributed by atoms with Crippen LogP contribution in [0.3, 0.4) is 0 Å². The second kappa shape index (κ2) is 8.73. The lowest BCUT2D eigenvalue weighted by Crippen LogP contribution is -2.38. The summed E-state index contributed by atoms with van der Waals surface area (Å²) >= 11 is 0. The highest BCUT2D eigenvalue weighted by Crippen LogP contribution is 2.58. The molecule has 1 saturated heterocycles. The minimum absolute atomic E-state index is 0.132. The maximum atomic E-state index is 14.1. The van der Waals surface area contributed by atoms with Crippen molar-refractivity contribution in [2.75, 3.05) is 19.6 Å². The van der Waals surface area contributed by atoms with Crippen LogP contribution in [0, 0.1) is 17.7 Å². The minimum atomic E-state index is -0.398. The number of hydrogen-bond donors (Lipinski definition) is 1. The van der Waals surface area contributed by atoms with E-state index in [1.165, 1.54) is 31.1 Å². The standard InChI is InChI=1S/C27H34FN5O2/c1-3-20-12-24(31-35-20)27-13-18(27)14-33(16-27)11-10-17-4-6-19(7-5-17)29-26(34)21-8-9-23(28)25-22(21)15-32(2)30-25/h8-9,12,15,17-19H,3-7,10-11,13-14,16H2,1-2H3,(H,29,34)/t17?,18?,19?,27-/m0/s1. The molecule has 3 aromatic rings. The predicted molar refractivity (Wildman–Crippen MR) is 131 cm³/mol. The number of halogens is 1. The monoisotopic (exact) mass is 479 g/mol. The molecule has 186 valence electrons. The molecule has 35 heavy (non-hydrogen) atoms. The first kappa shape index (κ1) is 22.7. The van der Waals surface area contributed by atoms with Crippen molar-refractivity contribution >= 4 is 16.8 Å². The summed E-state index contributed by atoms with van der Waals surface area (Å²) in [5.74, 6) is 1.91. The molecule has 0 bridgehead atoms. The Hall–Kier alpha value is -2.74. The summed E-state index contributed by atoms with van der Waals surface area (Å²) in [6.07, 6.45) is 9.36. The van der Waals surface area contributed by atoms with Gasteiger partial charge in [0.2, 0.25) is 0 Å². The van der Waals surface area contributed by atoms with Crippen LogP contribution in [0.15, 0.2) is 28.9 Å². The quantitative estimate of drug-likeness (QED) is 0.549. The number of fused-ring (bicyclic) bond motifs is 2. The highest BCUT2D eigenvalue weighted by molar-refractivity contribution is 6.06. The van der Waals surface area contributed by atoms with Gasteiger partial charge in [0.05, 0.1) is 11.3 Å². The molecule has 1 amide bonds. The Kier molecular flexibility index (Phi) is 5.66. The van der Waals surface area contributed by atoms with E-state index in [0.29, 0.717) is 16.9 Å². The van der Waals surface area contributed by atoms with Crippen LogP contribution >= 0.6 is 0 Å². The number of hydrogen-bond acceptors (Lipinski definition) is 5. The highest BCUT2D eigenvalue weighted by atomic mass is 19.1. The van der Waals surface area contributed by atoms with Gasteiger partial charge in [-0.25, -0.2) is 4.39 Å². The van der Waals surface area contributed by atoms with Crippen molar-refractivity contribution < 1.29 is 13.7 Å². The summed E-state index contributed by atoms with van der Waals surface area (Å²) in [6.45, 7) is 5.54. The maximum Gasteiger partial charge on any atom is 0.252 e. The number of carbonyl (C=O) groups is 1.